The predicted molar refractivity (Wildman–Crippen MR) is 343 cm³/mol. The van der Waals surface area contributed by atoms with Crippen molar-refractivity contribution in [3.8, 4) is 23.0 Å². The molecule has 16 heteroatoms. The number of hydrogen-bond acceptors (Lipinski definition) is 12. The molecule has 4 aromatic carbocycles. The molecule has 2 aromatic heterocycles. The first-order valence-corrected chi connectivity index (χ1v) is 32.2. The number of rotatable bonds is 12. The molecular formula is C72H89FN8O7. The SMILES string of the molecule is CCN(CC)C(=O)c1ccc(C2=CC3(CCNCC3)Cc3ccc(O)cc32)cn1.CCN(CC)C(=O)c1ccc(C2CC3(CCNCC3)Cc3ccc(O)cc32)cn1.CCN(CC)C(=O)c1ccc(C2CC3(CCNCC3)Oc3ccc(F)cc32)c(O)c1. The summed E-state index contributed by atoms with van der Waals surface area (Å²) < 4.78 is 20.5. The highest BCUT2D eigenvalue weighted by atomic mass is 19.1. The van der Waals surface area contributed by atoms with E-state index in [9.17, 15) is 34.1 Å². The van der Waals surface area contributed by atoms with Crippen LogP contribution in [0.3, 0.4) is 0 Å². The molecule has 6 N–H and O–H groups in total. The topological polar surface area (TPSA) is 193 Å². The van der Waals surface area contributed by atoms with Gasteiger partial charge in [-0.3, -0.25) is 24.4 Å². The van der Waals surface area contributed by atoms with Gasteiger partial charge in [-0.2, -0.15) is 0 Å². The first kappa shape index (κ1) is 63.4. The average Bonchev–Trinajstić information content (AvgIpc) is 1.11. The monoisotopic (exact) mass is 1200 g/mol. The van der Waals surface area contributed by atoms with Crippen LogP contribution in [0.4, 0.5) is 4.39 Å². The van der Waals surface area contributed by atoms with E-state index in [1.165, 1.54) is 41.7 Å². The fourth-order valence-electron chi connectivity index (χ4n) is 14.5. The highest BCUT2D eigenvalue weighted by molar-refractivity contribution is 5.95. The number of aromatic nitrogens is 2. The number of allylic oxidation sites excluding steroid dienone is 1. The van der Waals surface area contributed by atoms with Crippen LogP contribution >= 0.6 is 0 Å². The van der Waals surface area contributed by atoms with Gasteiger partial charge in [0.15, 0.2) is 0 Å². The van der Waals surface area contributed by atoms with E-state index in [0.29, 0.717) is 85.1 Å². The van der Waals surface area contributed by atoms with Gasteiger partial charge in [-0.1, -0.05) is 36.4 Å². The summed E-state index contributed by atoms with van der Waals surface area (Å²) in [6.07, 6.45) is 16.1. The smallest absolute Gasteiger partial charge is 0.272 e. The molecule has 466 valence electrons. The number of hydrogen-bond donors (Lipinski definition) is 6. The largest absolute Gasteiger partial charge is 0.508 e. The molecule has 4 aliphatic heterocycles. The summed E-state index contributed by atoms with van der Waals surface area (Å²) in [5, 5.41) is 41.4. The van der Waals surface area contributed by atoms with Crippen molar-refractivity contribution in [3.05, 3.63) is 183 Å². The van der Waals surface area contributed by atoms with Gasteiger partial charge in [0.1, 0.15) is 45.8 Å². The van der Waals surface area contributed by atoms with Crippen LogP contribution in [0.25, 0.3) is 5.57 Å². The zero-order chi connectivity index (χ0) is 62.2. The summed E-state index contributed by atoms with van der Waals surface area (Å²) in [6, 6.07) is 29.0. The lowest BCUT2D eigenvalue weighted by Gasteiger charge is -2.45. The van der Waals surface area contributed by atoms with Crippen molar-refractivity contribution in [2.45, 2.75) is 123 Å². The Labute approximate surface area is 518 Å². The number of fused-ring (bicyclic) bond motifs is 3. The molecule has 3 saturated heterocycles. The lowest BCUT2D eigenvalue weighted by molar-refractivity contribution is 0.0110. The van der Waals surface area contributed by atoms with Gasteiger partial charge >= 0.3 is 0 Å². The van der Waals surface area contributed by atoms with Crippen LogP contribution in [0.2, 0.25) is 0 Å². The molecule has 2 aliphatic carbocycles. The van der Waals surface area contributed by atoms with Gasteiger partial charge in [0.2, 0.25) is 0 Å². The second-order valence-electron chi connectivity index (χ2n) is 24.8. The summed E-state index contributed by atoms with van der Waals surface area (Å²) >= 11 is 0. The number of amides is 3. The molecule has 3 spiro atoms. The molecule has 88 heavy (non-hydrogen) atoms. The van der Waals surface area contributed by atoms with E-state index in [0.717, 1.165) is 112 Å². The second kappa shape index (κ2) is 27.8. The predicted octanol–water partition coefficient (Wildman–Crippen LogP) is 11.4. The number of carbonyl (C=O) groups is 3. The van der Waals surface area contributed by atoms with E-state index in [1.807, 2.05) is 90.2 Å². The number of nitrogens with one attached hydrogen (secondary N) is 3. The van der Waals surface area contributed by atoms with E-state index in [4.69, 9.17) is 4.74 Å². The third-order valence-corrected chi connectivity index (χ3v) is 19.6. The standard InChI is InChI=1S/C24H29FN2O3.C24H31N3O2.C24H29N3O2/c1-3-27(4-2)23(29)16-5-7-18(21(28)13-16)20-15-24(9-11-26-12-10-24)30-22-8-6-17(25)14-19(20)22;2*1-3-27(4-2)23(29)22-8-6-18(16-26-22)21-15-24(9-11-25-12-10-24)14-17-5-7-19(28)13-20(17)21/h5-8,13-14,20,26,28H,3-4,9-12,15H2,1-2H3;5-8,13,16,21,25,28H,3-4,9-12,14-15H2,1-2H3;5-8,13,15-16,25,28H,3-4,9-12,14H2,1-2H3. The van der Waals surface area contributed by atoms with Gasteiger partial charge in [0.05, 0.1) is 0 Å². The number of aromatic hydroxyl groups is 3. The fraction of sp³-hybridized carbons (Fsp3) is 0.458. The number of phenols is 3. The summed E-state index contributed by atoms with van der Waals surface area (Å²) in [4.78, 5) is 52.2. The van der Waals surface area contributed by atoms with Crippen molar-refractivity contribution >= 4 is 23.3 Å². The quantitative estimate of drug-likeness (QED) is 0.0680. The van der Waals surface area contributed by atoms with E-state index in [1.54, 1.807) is 51.2 Å². The molecule has 2 atom stereocenters. The van der Waals surface area contributed by atoms with Crippen molar-refractivity contribution < 1.29 is 38.8 Å². The highest BCUT2D eigenvalue weighted by Crippen LogP contribution is 2.52. The molecule has 0 radical (unpaired) electrons. The first-order chi connectivity index (χ1) is 42.6. The van der Waals surface area contributed by atoms with Crippen molar-refractivity contribution in [1.82, 2.24) is 40.6 Å². The Balaban J connectivity index is 0.000000146. The maximum Gasteiger partial charge on any atom is 0.272 e. The summed E-state index contributed by atoms with van der Waals surface area (Å²) in [5.74, 6) is 0.871. The zero-order valence-electron chi connectivity index (χ0n) is 52.3. The minimum Gasteiger partial charge on any atom is -0.508 e. The summed E-state index contributed by atoms with van der Waals surface area (Å²) in [5.41, 5.74) is 11.1. The molecule has 12 rings (SSSR count). The molecule has 6 aliphatic rings. The number of nitrogens with zero attached hydrogens (tertiary/aromatic N) is 5. The van der Waals surface area contributed by atoms with Crippen LogP contribution in [0, 0.1) is 16.6 Å². The molecule has 3 fully saturated rings. The minimum absolute atomic E-state index is 0.0157. The average molecular weight is 1200 g/mol. The van der Waals surface area contributed by atoms with Gasteiger partial charge in [0.25, 0.3) is 17.7 Å². The Kier molecular flexibility index (Phi) is 20.0. The maximum atomic E-state index is 14.1. The minimum atomic E-state index is -0.330. The lowest BCUT2D eigenvalue weighted by Crippen LogP contribution is -2.49. The van der Waals surface area contributed by atoms with Crippen molar-refractivity contribution in [2.24, 2.45) is 10.8 Å². The molecular weight excluding hydrogens is 1110 g/mol. The van der Waals surface area contributed by atoms with Crippen LogP contribution in [0.1, 0.15) is 181 Å². The van der Waals surface area contributed by atoms with Crippen LogP contribution < -0.4 is 20.7 Å². The van der Waals surface area contributed by atoms with Gasteiger partial charge in [0, 0.05) is 85.8 Å². The Hall–Kier alpha value is -7.66. The number of halogens is 1. The number of piperidine rings is 3. The normalized spacial score (nSPS) is 19.2. The number of carbonyl (C=O) groups excluding carboxylic acids is 3. The molecule has 6 heterocycles. The molecule has 0 bridgehead atoms. The maximum absolute atomic E-state index is 14.1. The Bertz CT molecular complexity index is 3450. The summed E-state index contributed by atoms with van der Waals surface area (Å²) in [7, 11) is 0. The first-order valence-electron chi connectivity index (χ1n) is 32.2. The van der Waals surface area contributed by atoms with E-state index in [2.05, 4.69) is 44.1 Å². The van der Waals surface area contributed by atoms with E-state index in [-0.39, 0.29) is 57.9 Å². The zero-order valence-corrected chi connectivity index (χ0v) is 52.3. The van der Waals surface area contributed by atoms with E-state index >= 15 is 0 Å². The lowest BCUT2D eigenvalue weighted by atomic mass is 9.62. The number of pyridine rings is 2. The number of ether oxygens (including phenoxy) is 1. The van der Waals surface area contributed by atoms with Gasteiger partial charge < -0.3 is 50.7 Å². The molecule has 0 saturated carbocycles. The Morgan fingerprint density at radius 3 is 1.73 bits per heavy atom. The third kappa shape index (κ3) is 13.8. The molecule has 15 nitrogen and oxygen atoms in total. The molecule has 2 unspecified atom stereocenters. The van der Waals surface area contributed by atoms with Gasteiger partial charge in [-0.05, 0) is 256 Å². The number of benzene rings is 4. The van der Waals surface area contributed by atoms with Crippen LogP contribution in [0.15, 0.2) is 116 Å². The van der Waals surface area contributed by atoms with E-state index < -0.39 is 0 Å². The van der Waals surface area contributed by atoms with Crippen LogP contribution in [-0.2, 0) is 12.8 Å². The molecule has 6 aromatic rings. The summed E-state index contributed by atoms with van der Waals surface area (Å²) in [6.45, 7) is 21.6. The van der Waals surface area contributed by atoms with Crippen molar-refractivity contribution in [2.75, 3.05) is 78.5 Å². The molecule has 3 amide bonds. The highest BCUT2D eigenvalue weighted by Gasteiger charge is 2.44. The Morgan fingerprint density at radius 1 is 0.557 bits per heavy atom. The van der Waals surface area contributed by atoms with Crippen LogP contribution in [-0.4, -0.2) is 142 Å². The number of phenolic OH excluding ortho intramolecular Hbond substituents is 3. The Morgan fingerprint density at radius 2 is 1.14 bits per heavy atom. The van der Waals surface area contributed by atoms with Gasteiger partial charge in [-0.15, -0.1) is 0 Å². The van der Waals surface area contributed by atoms with Crippen molar-refractivity contribution in [1.29, 1.82) is 0 Å². The van der Waals surface area contributed by atoms with Crippen molar-refractivity contribution in [3.63, 3.8) is 0 Å². The van der Waals surface area contributed by atoms with Crippen LogP contribution in [0.5, 0.6) is 23.0 Å². The second-order valence-corrected chi connectivity index (χ2v) is 24.8. The fourth-order valence-corrected chi connectivity index (χ4v) is 14.5. The van der Waals surface area contributed by atoms with Gasteiger partial charge in [-0.25, -0.2) is 4.39 Å². The third-order valence-electron chi connectivity index (χ3n) is 19.6.